The summed E-state index contributed by atoms with van der Waals surface area (Å²) in [6.45, 7) is 7.97. The number of nitrogens with zero attached hydrogens (tertiary/aromatic N) is 7. The van der Waals surface area contributed by atoms with Crippen LogP contribution in [0.5, 0.6) is 0 Å². The second-order valence-electron chi connectivity index (χ2n) is 8.05. The van der Waals surface area contributed by atoms with Gasteiger partial charge in [-0.25, -0.2) is 10.0 Å². The van der Waals surface area contributed by atoms with Crippen molar-refractivity contribution in [3.63, 3.8) is 0 Å². The molecule has 8 nitrogen and oxygen atoms in total. The molecular weight excluding hydrogens is 394 g/mol. The van der Waals surface area contributed by atoms with E-state index in [1.807, 2.05) is 80.0 Å². The molecule has 10 heteroatoms. The van der Waals surface area contributed by atoms with E-state index in [1.165, 1.54) is 0 Å². The maximum atomic E-state index is 4.39. The number of amidine groups is 2. The predicted octanol–water partition coefficient (Wildman–Crippen LogP) is 3.26. The SMILES string of the molecule is C/C(=N/N(C)C)[N](N(C)C)[Al]([CH3])[CH3].C/C(=N\N(C)C)NN(C)C.CC.[CH3][Al]([CH3])[CH3]. The molecule has 0 aliphatic rings. The number of hydrazone groups is 2. The zero-order valence-electron chi connectivity index (χ0n) is 22.8. The summed E-state index contributed by atoms with van der Waals surface area (Å²) in [5.74, 6) is 13.4. The Labute approximate surface area is 192 Å². The summed E-state index contributed by atoms with van der Waals surface area (Å²) in [7, 11) is 15.6. The van der Waals surface area contributed by atoms with E-state index in [-0.39, 0.29) is 14.1 Å². The molecule has 0 heterocycles. The van der Waals surface area contributed by atoms with Gasteiger partial charge < -0.3 is 19.4 Å². The average molecular weight is 447 g/mol. The van der Waals surface area contributed by atoms with Crippen molar-refractivity contribution >= 4 is 40.2 Å². The van der Waals surface area contributed by atoms with E-state index in [2.05, 4.69) is 67.7 Å². The molecule has 0 spiro atoms. The van der Waals surface area contributed by atoms with Gasteiger partial charge in [-0.05, 0) is 13.8 Å². The molecule has 0 aliphatic heterocycles. The van der Waals surface area contributed by atoms with E-state index >= 15 is 0 Å². The number of nitrogens with one attached hydrogen (secondary N) is 1. The molecular formula is C19H52Al2N8. The first-order valence-corrected chi connectivity index (χ1v) is 16.8. The molecule has 0 amide bonds. The molecule has 1 N–H and O–H groups in total. The van der Waals surface area contributed by atoms with Crippen molar-refractivity contribution in [1.82, 2.24) is 29.5 Å². The summed E-state index contributed by atoms with van der Waals surface area (Å²) >= 11 is -0.997. The van der Waals surface area contributed by atoms with Gasteiger partial charge in [-0.2, -0.15) is 10.2 Å². The standard InChI is InChI=1S/C6H16N4.C6H15N4.C2H6.5CH3.2Al/c2*1-6(7-9(2)3)8-10(4)5;1-2;;;;;;;/h1-5H3,(H,7,8);1-5H3;1-2H3;5*1H3;;/q;-1;;;;;;;;+1. The van der Waals surface area contributed by atoms with E-state index < -0.39 is 14.4 Å². The van der Waals surface area contributed by atoms with E-state index in [9.17, 15) is 0 Å². The molecule has 0 saturated heterocycles. The number of hydrogen-bond acceptors (Lipinski definition) is 6. The highest BCUT2D eigenvalue weighted by molar-refractivity contribution is 6.55. The van der Waals surface area contributed by atoms with Gasteiger partial charge in [-0.3, -0.25) is 0 Å². The fourth-order valence-corrected chi connectivity index (χ4v) is 3.83. The second-order valence-corrected chi connectivity index (χ2v) is 14.2. The van der Waals surface area contributed by atoms with Crippen LogP contribution in [0.2, 0.25) is 28.9 Å². The number of hydrogen-bond donors (Lipinski definition) is 1. The quantitative estimate of drug-likeness (QED) is 0.303. The third-order valence-corrected chi connectivity index (χ3v) is 4.15. The maximum absolute atomic E-state index is 4.39. The zero-order valence-corrected chi connectivity index (χ0v) is 25.1. The normalized spacial score (nSPS) is 10.6. The molecule has 0 rings (SSSR count). The van der Waals surface area contributed by atoms with Crippen LogP contribution in [0.1, 0.15) is 27.7 Å². The monoisotopic (exact) mass is 446 g/mol. The molecule has 174 valence electrons. The van der Waals surface area contributed by atoms with Crippen LogP contribution in [-0.4, -0.2) is 121 Å². The first-order chi connectivity index (χ1) is 13.1. The lowest BCUT2D eigenvalue weighted by molar-refractivity contribution is 0.202. The van der Waals surface area contributed by atoms with Gasteiger partial charge in [0.15, 0.2) is 0 Å². The van der Waals surface area contributed by atoms with Gasteiger partial charge >= 0.3 is 14.4 Å². The van der Waals surface area contributed by atoms with Crippen LogP contribution in [0.15, 0.2) is 10.2 Å². The van der Waals surface area contributed by atoms with Crippen LogP contribution in [0.4, 0.5) is 0 Å². The summed E-state index contributed by atoms with van der Waals surface area (Å²) in [6, 6.07) is 0. The van der Waals surface area contributed by atoms with Crippen LogP contribution in [0.3, 0.4) is 0 Å². The van der Waals surface area contributed by atoms with Gasteiger partial charge in [0, 0.05) is 56.4 Å². The maximum Gasteiger partial charge on any atom is 0.429 e. The van der Waals surface area contributed by atoms with Gasteiger partial charge in [0.25, 0.3) is 14.1 Å². The minimum atomic E-state index is -0.858. The van der Waals surface area contributed by atoms with Gasteiger partial charge in [-0.1, -0.05) is 25.4 Å². The Morgan fingerprint density at radius 2 is 1.03 bits per heavy atom. The fraction of sp³-hybridized carbons (Fsp3) is 0.895. The van der Waals surface area contributed by atoms with E-state index in [0.29, 0.717) is 0 Å². The highest BCUT2D eigenvalue weighted by atomic mass is 27.2. The first kappa shape index (κ1) is 35.9. The Morgan fingerprint density at radius 1 is 0.690 bits per heavy atom. The third-order valence-electron chi connectivity index (χ3n) is 2.33. The van der Waals surface area contributed by atoms with Gasteiger partial charge in [0.05, 0.1) is 0 Å². The van der Waals surface area contributed by atoms with Crippen LogP contribution < -0.4 is 5.43 Å². The molecule has 29 heavy (non-hydrogen) atoms. The molecule has 0 aliphatic carbocycles. The van der Waals surface area contributed by atoms with Crippen molar-refractivity contribution in [3.8, 4) is 0 Å². The Kier molecular flexibility index (Phi) is 27.5. The lowest BCUT2D eigenvalue weighted by atomic mass is 10.7. The second kappa shape index (κ2) is 22.2. The van der Waals surface area contributed by atoms with Crippen LogP contribution in [-0.2, 0) is 0 Å². The van der Waals surface area contributed by atoms with Crippen molar-refractivity contribution in [2.75, 3.05) is 56.4 Å². The Balaban J connectivity index is -0.000000173. The van der Waals surface area contributed by atoms with E-state index in [0.717, 1.165) is 11.7 Å². The fourth-order valence-electron chi connectivity index (χ4n) is 2.11. The molecule has 0 aromatic rings. The molecule has 0 fully saturated rings. The molecule has 0 aromatic heterocycles. The summed E-state index contributed by atoms with van der Waals surface area (Å²) in [5, 5.41) is 16.1. The Hall–Kier alpha value is -0.475. The van der Waals surface area contributed by atoms with Gasteiger partial charge in [0.1, 0.15) is 11.7 Å². The minimum absolute atomic E-state index is 0.139. The number of hydrazine groups is 2. The van der Waals surface area contributed by atoms with Gasteiger partial charge in [0.2, 0.25) is 0 Å². The van der Waals surface area contributed by atoms with Crippen LogP contribution in [0.25, 0.3) is 0 Å². The highest BCUT2D eigenvalue weighted by Gasteiger charge is 2.19. The van der Waals surface area contributed by atoms with Crippen molar-refractivity contribution < 1.29 is 0 Å². The predicted molar refractivity (Wildman–Crippen MR) is 138 cm³/mol. The van der Waals surface area contributed by atoms with Crippen LogP contribution >= 0.6 is 0 Å². The average Bonchev–Trinajstić information content (AvgIpc) is 2.45. The lowest BCUT2D eigenvalue weighted by Crippen LogP contribution is -2.48. The highest BCUT2D eigenvalue weighted by Crippen LogP contribution is 2.00. The number of rotatable bonds is 5. The summed E-state index contributed by atoms with van der Waals surface area (Å²) in [5.41, 5.74) is 3.02. The third kappa shape index (κ3) is 32.4. The summed E-state index contributed by atoms with van der Waals surface area (Å²) in [4.78, 5) is 0. The smallest absolute Gasteiger partial charge is 0.387 e. The largest absolute Gasteiger partial charge is 0.429 e. The van der Waals surface area contributed by atoms with Crippen molar-refractivity contribution in [1.29, 1.82) is 0 Å². The molecule has 0 bridgehead atoms. The van der Waals surface area contributed by atoms with E-state index in [1.54, 1.807) is 5.01 Å². The zero-order chi connectivity index (χ0) is 24.3. The lowest BCUT2D eigenvalue weighted by Gasteiger charge is -2.34. The molecule has 0 radical (unpaired) electrons. The van der Waals surface area contributed by atoms with Crippen molar-refractivity contribution in [3.05, 3.63) is 0 Å². The van der Waals surface area contributed by atoms with Gasteiger partial charge in [-0.15, -0.1) is 17.4 Å². The Morgan fingerprint density at radius 3 is 1.24 bits per heavy atom. The molecule has 0 unspecified atom stereocenters. The van der Waals surface area contributed by atoms with Crippen LogP contribution in [0, 0.1) is 0 Å². The topological polar surface area (TPSA) is 53.0 Å². The molecule has 0 atom stereocenters. The first-order valence-electron chi connectivity index (χ1n) is 10.5. The van der Waals surface area contributed by atoms with Crippen molar-refractivity contribution in [2.45, 2.75) is 56.6 Å². The minimum Gasteiger partial charge on any atom is -0.387 e. The summed E-state index contributed by atoms with van der Waals surface area (Å²) < 4.78 is 2.28. The van der Waals surface area contributed by atoms with Crippen molar-refractivity contribution in [2.24, 2.45) is 10.2 Å². The summed E-state index contributed by atoms with van der Waals surface area (Å²) in [6.07, 6.45) is 0. The molecule has 0 saturated carbocycles. The van der Waals surface area contributed by atoms with E-state index in [4.69, 9.17) is 0 Å². The Bertz CT molecular complexity index is 398. The molecule has 0 aromatic carbocycles.